The van der Waals surface area contributed by atoms with E-state index in [1.165, 1.54) is 0 Å². The topological polar surface area (TPSA) is 52.6 Å². The Labute approximate surface area is 168 Å². The van der Waals surface area contributed by atoms with Crippen LogP contribution in [0.2, 0.25) is 0 Å². The van der Waals surface area contributed by atoms with Crippen LogP contribution in [-0.2, 0) is 19.1 Å². The van der Waals surface area contributed by atoms with Crippen molar-refractivity contribution in [3.8, 4) is 0 Å². The van der Waals surface area contributed by atoms with E-state index in [0.29, 0.717) is 0 Å². The number of rotatable bonds is 9. The number of carbonyl (C=O) groups excluding carboxylic acids is 2. The molecule has 0 N–H and O–H groups in total. The molecule has 0 aromatic carbocycles. The van der Waals surface area contributed by atoms with E-state index >= 15 is 0 Å². The van der Waals surface area contributed by atoms with Gasteiger partial charge in [0.1, 0.15) is 0 Å². The summed E-state index contributed by atoms with van der Waals surface area (Å²) in [5.74, 6) is -38.3. The molecule has 0 saturated heterocycles. The lowest BCUT2D eigenvalue weighted by Gasteiger charge is -2.34. The predicted molar refractivity (Wildman–Crippen MR) is 72.1 cm³/mol. The molecule has 0 spiro atoms. The average Bonchev–Trinajstić information content (AvgIpc) is 2.60. The van der Waals surface area contributed by atoms with Crippen molar-refractivity contribution >= 4 is 11.9 Å². The Morgan fingerprint density at radius 2 is 0.781 bits per heavy atom. The number of halogens is 14. The Morgan fingerprint density at radius 3 is 0.938 bits per heavy atom. The van der Waals surface area contributed by atoms with Gasteiger partial charge in [-0.15, -0.1) is 0 Å². The van der Waals surface area contributed by atoms with Gasteiger partial charge in [0, 0.05) is 12.8 Å². The van der Waals surface area contributed by atoms with Gasteiger partial charge in [-0.3, -0.25) is 9.59 Å². The monoisotopic (exact) mass is 510 g/mol. The molecule has 0 rings (SSSR count). The Kier molecular flexibility index (Phi) is 8.49. The first-order valence-electron chi connectivity index (χ1n) is 7.71. The van der Waals surface area contributed by atoms with Gasteiger partial charge in [-0.1, -0.05) is 0 Å². The third kappa shape index (κ3) is 5.65. The summed E-state index contributed by atoms with van der Waals surface area (Å²) in [6.45, 7) is 0. The van der Waals surface area contributed by atoms with Crippen LogP contribution in [0.4, 0.5) is 61.5 Å². The molecule has 0 aromatic heterocycles. The van der Waals surface area contributed by atoms with E-state index in [1.54, 1.807) is 0 Å². The number of esters is 2. The lowest BCUT2D eigenvalue weighted by molar-refractivity contribution is -0.361. The lowest BCUT2D eigenvalue weighted by atomic mass is 9.81. The van der Waals surface area contributed by atoms with Crippen molar-refractivity contribution in [1.29, 1.82) is 0 Å². The summed E-state index contributed by atoms with van der Waals surface area (Å²) in [7, 11) is 0.484. The van der Waals surface area contributed by atoms with E-state index in [4.69, 9.17) is 0 Å². The molecule has 0 heterocycles. The Morgan fingerprint density at radius 1 is 0.562 bits per heavy atom. The van der Waals surface area contributed by atoms with Crippen molar-refractivity contribution in [2.24, 2.45) is 11.8 Å². The van der Waals surface area contributed by atoms with Crippen molar-refractivity contribution in [1.82, 2.24) is 0 Å². The van der Waals surface area contributed by atoms with Crippen LogP contribution in [0, 0.1) is 11.8 Å². The van der Waals surface area contributed by atoms with Gasteiger partial charge in [0.15, 0.2) is 0 Å². The number of hydrogen-bond donors (Lipinski definition) is 0. The lowest BCUT2D eigenvalue weighted by Crippen LogP contribution is -2.56. The van der Waals surface area contributed by atoms with Crippen molar-refractivity contribution in [2.75, 3.05) is 14.2 Å². The van der Waals surface area contributed by atoms with Crippen LogP contribution in [0.3, 0.4) is 0 Å². The minimum absolute atomic E-state index is 0.242. The zero-order valence-electron chi connectivity index (χ0n) is 15.5. The molecular formula is C14H12F14O4. The summed E-state index contributed by atoms with van der Waals surface area (Å²) in [5.41, 5.74) is 0. The fourth-order valence-electron chi connectivity index (χ4n) is 2.31. The predicted octanol–water partition coefficient (Wildman–Crippen LogP) is 5.01. The highest BCUT2D eigenvalue weighted by Crippen LogP contribution is 2.53. The molecule has 32 heavy (non-hydrogen) atoms. The molecule has 190 valence electrons. The molecule has 0 amide bonds. The number of carbonyl (C=O) groups is 2. The average molecular weight is 510 g/mol. The zero-order chi connectivity index (χ0) is 26.1. The van der Waals surface area contributed by atoms with Crippen molar-refractivity contribution in [2.45, 2.75) is 48.9 Å². The maximum Gasteiger partial charge on any atom is 0.459 e. The van der Waals surface area contributed by atoms with Crippen LogP contribution in [0.5, 0.6) is 0 Å². The molecule has 0 aliphatic rings. The second kappa shape index (κ2) is 9.07. The van der Waals surface area contributed by atoms with Gasteiger partial charge in [0.25, 0.3) is 0 Å². The SMILES string of the molecule is COC(=O)C(CC(F)(F)C(F)(F)C(F)(F)F)C(CC(F)(F)C(F)(F)C(F)(F)F)C(=O)OC. The number of methoxy groups -OCH3 is 2. The van der Waals surface area contributed by atoms with E-state index in [1.807, 2.05) is 0 Å². The van der Waals surface area contributed by atoms with E-state index in [0.717, 1.165) is 0 Å². The molecule has 0 aromatic rings. The summed E-state index contributed by atoms with van der Waals surface area (Å²) < 4.78 is 188. The normalized spacial score (nSPS) is 16.4. The van der Waals surface area contributed by atoms with Crippen LogP contribution in [0.1, 0.15) is 12.8 Å². The summed E-state index contributed by atoms with van der Waals surface area (Å²) in [6.07, 6.45) is -20.2. The molecule has 0 aliphatic carbocycles. The molecule has 2 unspecified atom stereocenters. The summed E-state index contributed by atoms with van der Waals surface area (Å²) in [6, 6.07) is 0. The number of alkyl halides is 14. The van der Waals surface area contributed by atoms with Gasteiger partial charge in [-0.2, -0.15) is 61.5 Å². The van der Waals surface area contributed by atoms with Gasteiger partial charge >= 0.3 is 48.0 Å². The summed E-state index contributed by atoms with van der Waals surface area (Å²) in [5, 5.41) is 0. The molecule has 2 atom stereocenters. The second-order valence-corrected chi connectivity index (χ2v) is 6.22. The van der Waals surface area contributed by atoms with E-state index in [-0.39, 0.29) is 14.2 Å². The zero-order valence-corrected chi connectivity index (χ0v) is 15.5. The summed E-state index contributed by atoms with van der Waals surface area (Å²) >= 11 is 0. The second-order valence-electron chi connectivity index (χ2n) is 6.22. The summed E-state index contributed by atoms with van der Waals surface area (Å²) in [4.78, 5) is 23.2. The van der Waals surface area contributed by atoms with E-state index in [9.17, 15) is 71.1 Å². The van der Waals surface area contributed by atoms with Gasteiger partial charge in [-0.25, -0.2) is 0 Å². The first-order chi connectivity index (χ1) is 13.9. The highest BCUT2D eigenvalue weighted by atomic mass is 19.4. The third-order valence-electron chi connectivity index (χ3n) is 4.08. The van der Waals surface area contributed by atoms with Crippen molar-refractivity contribution < 1.29 is 80.5 Å². The number of hydrogen-bond acceptors (Lipinski definition) is 4. The molecular weight excluding hydrogens is 498 g/mol. The maximum atomic E-state index is 13.7. The largest absolute Gasteiger partial charge is 0.469 e. The van der Waals surface area contributed by atoms with Crippen LogP contribution in [0.15, 0.2) is 0 Å². The van der Waals surface area contributed by atoms with Crippen molar-refractivity contribution in [3.63, 3.8) is 0 Å². The minimum Gasteiger partial charge on any atom is -0.469 e. The molecule has 0 aliphatic heterocycles. The number of ether oxygens (including phenoxy) is 2. The molecule has 0 fully saturated rings. The van der Waals surface area contributed by atoms with Crippen molar-refractivity contribution in [3.05, 3.63) is 0 Å². The van der Waals surface area contributed by atoms with Crippen LogP contribution in [-0.4, -0.2) is 62.2 Å². The van der Waals surface area contributed by atoms with Gasteiger partial charge in [0.2, 0.25) is 0 Å². The molecule has 4 nitrogen and oxygen atoms in total. The first-order valence-corrected chi connectivity index (χ1v) is 7.71. The van der Waals surface area contributed by atoms with E-state index < -0.39 is 72.7 Å². The quantitative estimate of drug-likeness (QED) is 0.324. The minimum atomic E-state index is -6.98. The Bertz CT molecular complexity index is 624. The van der Waals surface area contributed by atoms with Gasteiger partial charge < -0.3 is 9.47 Å². The highest BCUT2D eigenvalue weighted by molar-refractivity contribution is 5.82. The van der Waals surface area contributed by atoms with Crippen LogP contribution in [0.25, 0.3) is 0 Å². The van der Waals surface area contributed by atoms with Gasteiger partial charge in [-0.05, 0) is 0 Å². The fraction of sp³-hybridized carbons (Fsp3) is 0.857. The first kappa shape index (κ1) is 30.0. The fourth-order valence-corrected chi connectivity index (χ4v) is 2.31. The third-order valence-corrected chi connectivity index (χ3v) is 4.08. The molecule has 0 radical (unpaired) electrons. The van der Waals surface area contributed by atoms with Crippen LogP contribution < -0.4 is 0 Å². The van der Waals surface area contributed by atoms with Gasteiger partial charge in [0.05, 0.1) is 26.1 Å². The standard InChI is InChI=1S/C14H12F14O4/c1-31-7(29)5(3-9(15,16)11(19,20)13(23,24)25)6(8(30)32-2)4-10(17,18)12(21,22)14(26,27)28/h5-6H,3-4H2,1-2H3. The van der Waals surface area contributed by atoms with Crippen LogP contribution >= 0.6 is 0 Å². The van der Waals surface area contributed by atoms with E-state index in [2.05, 4.69) is 9.47 Å². The molecule has 0 saturated carbocycles. The molecule has 18 heteroatoms. The maximum absolute atomic E-state index is 13.7. The Hall–Kier alpha value is -2.04. The molecule has 0 bridgehead atoms. The highest BCUT2D eigenvalue weighted by Gasteiger charge is 2.75. The Balaban J connectivity index is 6.50. The smallest absolute Gasteiger partial charge is 0.459 e.